The molecule has 2 heterocycles. The van der Waals surface area contributed by atoms with E-state index in [-0.39, 0.29) is 97.8 Å². The number of aliphatic hydroxyl groups is 6. The van der Waals surface area contributed by atoms with Crippen molar-refractivity contribution >= 4 is 23.5 Å². The summed E-state index contributed by atoms with van der Waals surface area (Å²) < 4.78 is 10.6. The minimum absolute atomic E-state index is 0.00559. The lowest BCUT2D eigenvalue weighted by molar-refractivity contribution is -0.252. The molecule has 6 N–H and O–H groups in total. The zero-order valence-electron chi connectivity index (χ0n) is 37.1. The van der Waals surface area contributed by atoms with Crippen molar-refractivity contribution in [3.63, 3.8) is 0 Å². The van der Waals surface area contributed by atoms with Crippen molar-refractivity contribution in [1.29, 1.82) is 0 Å². The number of carbonyl (C=O) groups excluding carboxylic acids is 4. The van der Waals surface area contributed by atoms with E-state index >= 15 is 0 Å². The Bertz CT molecular complexity index is 1840. The largest absolute Gasteiger partial charge is 0.458 e. The summed E-state index contributed by atoms with van der Waals surface area (Å²) in [7, 11) is 0. The molecule has 0 radical (unpaired) electrons. The van der Waals surface area contributed by atoms with E-state index in [0.717, 1.165) is 36.8 Å². The molecular formula is C50H70O12. The van der Waals surface area contributed by atoms with Crippen LogP contribution in [0.4, 0.5) is 0 Å². The smallest absolute Gasteiger partial charge is 0.331 e. The SMILES string of the molecule is C[C@]12C(C(=O)CCC(=O)C3C[C@@H](O)C[C@H]4CC[C@@H]5[C@H](C[C@@H](O)[C@]6(C)[C@@H](C7=CC(=O)OC7)CC[C@]56O)[C@@]34C)C[C@@H](O)C[C@H]1CC[C@@H]1[C@@H]2C[C@@H](O)[C@]2(C)[C@@H](C3=CC(=O)OC3)CC[C@]12O. The third-order valence-electron chi connectivity index (χ3n) is 21.8. The highest BCUT2D eigenvalue weighted by Crippen LogP contribution is 2.73. The molecule has 8 aliphatic carbocycles. The van der Waals surface area contributed by atoms with Crippen LogP contribution in [-0.4, -0.2) is 103 Å². The zero-order valence-corrected chi connectivity index (χ0v) is 37.1. The van der Waals surface area contributed by atoms with Crippen molar-refractivity contribution in [2.75, 3.05) is 13.2 Å². The number of hydrogen-bond donors (Lipinski definition) is 6. The van der Waals surface area contributed by atoms with Gasteiger partial charge in [0.15, 0.2) is 0 Å². The maximum atomic E-state index is 14.8. The van der Waals surface area contributed by atoms with E-state index in [4.69, 9.17) is 9.47 Å². The standard InChI is InChI=1S/C50H70O12/c1-45-27(5-7-33-35(45)21-41(55)47(3)31(11-13-49(33,47)59)25-15-43(57)61-23-25)17-29(51)19-37(45)39(53)9-10-40(54)38-20-30(52)18-28-6-8-34-36(46(28,38)2)22-42(56)48(4)32(12-14-50(34,48)60)26-16-44(58)62-24-26/h15-16,27-38,41-42,51-52,55-56,59-60H,5-14,17-24H2,1-4H3/t27-,28-,29+,30+,31-,32-,33-,34-,35+,36+,37?,38?,41-,42-,45+,46+,47+,48+,49+,50+/m1/s1. The van der Waals surface area contributed by atoms with Gasteiger partial charge in [-0.2, -0.15) is 0 Å². The van der Waals surface area contributed by atoms with Crippen molar-refractivity contribution in [2.45, 2.75) is 166 Å². The molecule has 12 heteroatoms. The number of Topliss-reactive ketones (excluding diaryl/α,β-unsaturated/α-hetero) is 2. The molecule has 8 fully saturated rings. The van der Waals surface area contributed by atoms with Gasteiger partial charge >= 0.3 is 11.9 Å². The van der Waals surface area contributed by atoms with Gasteiger partial charge in [0.05, 0.1) is 35.6 Å². The lowest BCUT2D eigenvalue weighted by atomic mass is 9.40. The Balaban J connectivity index is 0.895. The minimum Gasteiger partial charge on any atom is -0.458 e. The van der Waals surface area contributed by atoms with Crippen molar-refractivity contribution in [1.82, 2.24) is 0 Å². The summed E-state index contributed by atoms with van der Waals surface area (Å²) in [6.45, 7) is 8.56. The molecule has 0 saturated heterocycles. The Hall–Kier alpha value is -2.48. The highest BCUT2D eigenvalue weighted by atomic mass is 16.5. The molecule has 10 aliphatic rings. The quantitative estimate of drug-likeness (QED) is 0.195. The van der Waals surface area contributed by atoms with Crippen LogP contribution >= 0.6 is 0 Å². The van der Waals surface area contributed by atoms with Crippen LogP contribution < -0.4 is 0 Å². The Morgan fingerprint density at radius 2 is 0.952 bits per heavy atom. The Labute approximate surface area is 365 Å². The van der Waals surface area contributed by atoms with E-state index in [1.165, 1.54) is 12.2 Å². The van der Waals surface area contributed by atoms with Crippen LogP contribution in [0.1, 0.15) is 130 Å². The maximum Gasteiger partial charge on any atom is 0.331 e. The molecular weight excluding hydrogens is 793 g/mol. The second-order valence-corrected chi connectivity index (χ2v) is 23.2. The van der Waals surface area contributed by atoms with Gasteiger partial charge in [0.1, 0.15) is 24.8 Å². The maximum absolute atomic E-state index is 14.8. The average Bonchev–Trinajstić information content (AvgIpc) is 3.99. The second kappa shape index (κ2) is 14.5. The third-order valence-corrected chi connectivity index (χ3v) is 21.8. The first-order chi connectivity index (χ1) is 29.2. The monoisotopic (exact) mass is 862 g/mol. The average molecular weight is 863 g/mol. The molecule has 2 aliphatic heterocycles. The number of carbonyl (C=O) groups is 4. The van der Waals surface area contributed by atoms with Gasteiger partial charge in [0.2, 0.25) is 0 Å². The van der Waals surface area contributed by atoms with Crippen LogP contribution in [0.5, 0.6) is 0 Å². The van der Waals surface area contributed by atoms with Crippen LogP contribution in [0.2, 0.25) is 0 Å². The van der Waals surface area contributed by atoms with Crippen LogP contribution in [0.15, 0.2) is 23.3 Å². The summed E-state index contributed by atoms with van der Waals surface area (Å²) in [5, 5.41) is 72.6. The lowest BCUT2D eigenvalue weighted by Gasteiger charge is -2.66. The van der Waals surface area contributed by atoms with Crippen LogP contribution in [0.3, 0.4) is 0 Å². The minimum atomic E-state index is -1.22. The van der Waals surface area contributed by atoms with Crippen LogP contribution in [0.25, 0.3) is 0 Å². The number of esters is 2. The highest BCUT2D eigenvalue weighted by Gasteiger charge is 2.74. The fourth-order valence-electron chi connectivity index (χ4n) is 18.5. The normalized spacial score (nSPS) is 54.1. The summed E-state index contributed by atoms with van der Waals surface area (Å²) in [5.74, 6) is -3.19. The van der Waals surface area contributed by atoms with Gasteiger partial charge in [0.25, 0.3) is 0 Å². The molecule has 0 amide bonds. The molecule has 2 unspecified atom stereocenters. The molecule has 0 aromatic heterocycles. The van der Waals surface area contributed by atoms with E-state index < -0.39 is 81.1 Å². The topological polar surface area (TPSA) is 208 Å². The highest BCUT2D eigenvalue weighted by molar-refractivity contribution is 5.89. The lowest BCUT2D eigenvalue weighted by Crippen LogP contribution is -2.68. The molecule has 10 rings (SSSR count). The summed E-state index contributed by atoms with van der Waals surface area (Å²) in [6, 6.07) is 0. The fourth-order valence-corrected chi connectivity index (χ4v) is 18.5. The molecule has 8 saturated carbocycles. The molecule has 0 spiro atoms. The van der Waals surface area contributed by atoms with Crippen molar-refractivity contribution in [2.24, 2.45) is 80.8 Å². The summed E-state index contributed by atoms with van der Waals surface area (Å²) >= 11 is 0. The predicted octanol–water partition coefficient (Wildman–Crippen LogP) is 4.53. The predicted molar refractivity (Wildman–Crippen MR) is 223 cm³/mol. The van der Waals surface area contributed by atoms with Gasteiger partial charge in [-0.25, -0.2) is 9.59 Å². The molecule has 0 aromatic carbocycles. The van der Waals surface area contributed by atoms with Crippen LogP contribution in [0, 0.1) is 80.8 Å². The first-order valence-corrected chi connectivity index (χ1v) is 24.2. The van der Waals surface area contributed by atoms with Crippen molar-refractivity contribution in [3.05, 3.63) is 23.3 Å². The number of fused-ring (bicyclic) bond motifs is 10. The molecule has 20 atom stereocenters. The molecule has 12 nitrogen and oxygen atoms in total. The first-order valence-electron chi connectivity index (χ1n) is 24.2. The number of rotatable bonds is 7. The van der Waals surface area contributed by atoms with Crippen molar-refractivity contribution < 1.29 is 59.3 Å². The van der Waals surface area contributed by atoms with E-state index in [2.05, 4.69) is 13.8 Å². The fraction of sp³-hybridized carbons (Fsp3) is 0.840. The zero-order chi connectivity index (χ0) is 44.1. The number of hydrogen-bond acceptors (Lipinski definition) is 12. The summed E-state index contributed by atoms with van der Waals surface area (Å²) in [6.07, 6.45) is 7.49. The van der Waals surface area contributed by atoms with Gasteiger partial charge in [-0.1, -0.05) is 27.7 Å². The number of ether oxygens (including phenoxy) is 2. The van der Waals surface area contributed by atoms with E-state index in [1.807, 2.05) is 13.8 Å². The second-order valence-electron chi connectivity index (χ2n) is 23.2. The molecule has 62 heavy (non-hydrogen) atoms. The van der Waals surface area contributed by atoms with E-state index in [1.54, 1.807) is 0 Å². The molecule has 342 valence electrons. The van der Waals surface area contributed by atoms with Gasteiger partial charge < -0.3 is 40.1 Å². The van der Waals surface area contributed by atoms with Crippen molar-refractivity contribution in [3.8, 4) is 0 Å². The Kier molecular flexibility index (Phi) is 10.2. The summed E-state index contributed by atoms with van der Waals surface area (Å²) in [4.78, 5) is 53.9. The van der Waals surface area contributed by atoms with Gasteiger partial charge in [-0.05, 0) is 159 Å². The Morgan fingerprint density at radius 1 is 0.565 bits per heavy atom. The molecule has 0 bridgehead atoms. The van der Waals surface area contributed by atoms with Gasteiger partial charge in [-0.3, -0.25) is 9.59 Å². The summed E-state index contributed by atoms with van der Waals surface area (Å²) in [5.41, 5.74) is -3.80. The Morgan fingerprint density at radius 3 is 1.31 bits per heavy atom. The van der Waals surface area contributed by atoms with E-state index in [9.17, 15) is 49.8 Å². The number of ketones is 2. The molecule has 0 aromatic rings. The number of aliphatic hydroxyl groups excluding tert-OH is 4. The third kappa shape index (κ3) is 5.64. The number of cyclic esters (lactones) is 2. The van der Waals surface area contributed by atoms with E-state index in [0.29, 0.717) is 51.4 Å². The van der Waals surface area contributed by atoms with Crippen LogP contribution in [-0.2, 0) is 28.7 Å². The van der Waals surface area contributed by atoms with Gasteiger partial charge in [-0.15, -0.1) is 0 Å². The first kappa shape index (κ1) is 43.4. The van der Waals surface area contributed by atoms with Gasteiger partial charge in [0, 0.05) is 47.7 Å².